The van der Waals surface area contributed by atoms with E-state index in [1.807, 2.05) is 26.8 Å². The van der Waals surface area contributed by atoms with Crippen LogP contribution >= 0.6 is 0 Å². The summed E-state index contributed by atoms with van der Waals surface area (Å²) in [4.78, 5) is 16.9. The van der Waals surface area contributed by atoms with Gasteiger partial charge in [0.15, 0.2) is 0 Å². The Hall–Kier alpha value is -1.95. The van der Waals surface area contributed by atoms with E-state index in [1.165, 1.54) is 0 Å². The lowest BCUT2D eigenvalue weighted by molar-refractivity contribution is 0.0907. The Labute approximate surface area is 123 Å². The Morgan fingerprint density at radius 3 is 2.76 bits per heavy atom. The summed E-state index contributed by atoms with van der Waals surface area (Å²) in [7, 11) is 1.61. The van der Waals surface area contributed by atoms with Crippen LogP contribution in [0.3, 0.4) is 0 Å². The number of carbonyl (C=O) groups excluding carboxylic acids is 1. The van der Waals surface area contributed by atoms with E-state index in [-0.39, 0.29) is 17.9 Å². The van der Waals surface area contributed by atoms with Crippen molar-refractivity contribution >= 4 is 17.0 Å². The fraction of sp³-hybridized carbons (Fsp3) is 0.533. The number of aryl methyl sites for hydroxylation is 1. The molecule has 1 unspecified atom stereocenters. The van der Waals surface area contributed by atoms with Gasteiger partial charge in [0.1, 0.15) is 0 Å². The Morgan fingerprint density at radius 2 is 2.14 bits per heavy atom. The minimum atomic E-state index is -0.167. The molecule has 0 bridgehead atoms. The van der Waals surface area contributed by atoms with Gasteiger partial charge in [0.05, 0.1) is 23.3 Å². The van der Waals surface area contributed by atoms with Gasteiger partial charge in [-0.1, -0.05) is 19.0 Å². The molecule has 1 atom stereocenters. The van der Waals surface area contributed by atoms with Gasteiger partial charge in [-0.2, -0.15) is 0 Å². The highest BCUT2D eigenvalue weighted by molar-refractivity contribution is 6.06. The number of aromatic nitrogens is 2. The van der Waals surface area contributed by atoms with Crippen molar-refractivity contribution in [2.45, 2.75) is 39.7 Å². The van der Waals surface area contributed by atoms with Gasteiger partial charge in [-0.15, -0.1) is 0 Å². The normalized spacial score (nSPS) is 12.9. The molecule has 0 spiro atoms. The van der Waals surface area contributed by atoms with Crippen LogP contribution in [0.15, 0.2) is 10.6 Å². The zero-order valence-electron chi connectivity index (χ0n) is 13.1. The Kier molecular flexibility index (Phi) is 4.57. The molecule has 0 saturated carbocycles. The molecule has 6 heteroatoms. The molecule has 1 amide bonds. The second kappa shape index (κ2) is 6.22. The molecule has 2 aromatic heterocycles. The van der Waals surface area contributed by atoms with Gasteiger partial charge in [0.2, 0.25) is 0 Å². The molecular formula is C15H21N3O3. The van der Waals surface area contributed by atoms with E-state index < -0.39 is 0 Å². The molecule has 2 rings (SSSR count). The van der Waals surface area contributed by atoms with Crippen LogP contribution in [-0.2, 0) is 4.74 Å². The molecule has 2 heterocycles. The van der Waals surface area contributed by atoms with Gasteiger partial charge >= 0.3 is 0 Å². The van der Waals surface area contributed by atoms with Crippen molar-refractivity contribution in [1.82, 2.24) is 15.5 Å². The van der Waals surface area contributed by atoms with Crippen molar-refractivity contribution in [3.8, 4) is 0 Å². The van der Waals surface area contributed by atoms with Crippen LogP contribution in [-0.4, -0.2) is 35.8 Å². The van der Waals surface area contributed by atoms with E-state index in [2.05, 4.69) is 15.5 Å². The number of rotatable bonds is 5. The summed E-state index contributed by atoms with van der Waals surface area (Å²) < 4.78 is 10.3. The van der Waals surface area contributed by atoms with Crippen LogP contribution in [0.5, 0.6) is 0 Å². The van der Waals surface area contributed by atoms with Crippen LogP contribution < -0.4 is 5.32 Å². The number of nitrogens with one attached hydrogen (secondary N) is 1. The zero-order chi connectivity index (χ0) is 15.6. The van der Waals surface area contributed by atoms with E-state index in [0.717, 1.165) is 5.69 Å². The molecule has 0 saturated heterocycles. The smallest absolute Gasteiger partial charge is 0.259 e. The molecule has 0 aliphatic carbocycles. The summed E-state index contributed by atoms with van der Waals surface area (Å²) in [6, 6.07) is 1.74. The topological polar surface area (TPSA) is 77.2 Å². The van der Waals surface area contributed by atoms with E-state index in [1.54, 1.807) is 14.0 Å². The molecule has 0 aliphatic rings. The zero-order valence-corrected chi connectivity index (χ0v) is 13.1. The molecule has 114 valence electrons. The number of carbonyl (C=O) groups is 1. The lowest BCUT2D eigenvalue weighted by Gasteiger charge is -2.14. The first-order valence-electron chi connectivity index (χ1n) is 7.00. The maximum Gasteiger partial charge on any atom is 0.259 e. The Morgan fingerprint density at radius 1 is 1.43 bits per heavy atom. The standard InChI is InChI=1S/C15H21N3O3/c1-8(2)12-6-11(14(19)16-9(3)7-20-5)13-10(4)18-21-15(13)17-12/h6,8-9H,7H2,1-5H3,(H,16,19). The lowest BCUT2D eigenvalue weighted by Crippen LogP contribution is -2.35. The van der Waals surface area contributed by atoms with Gasteiger partial charge in [0, 0.05) is 18.8 Å². The quantitative estimate of drug-likeness (QED) is 0.915. The number of pyridine rings is 1. The fourth-order valence-corrected chi connectivity index (χ4v) is 2.18. The highest BCUT2D eigenvalue weighted by Crippen LogP contribution is 2.25. The van der Waals surface area contributed by atoms with Crippen molar-refractivity contribution in [1.29, 1.82) is 0 Å². The molecule has 6 nitrogen and oxygen atoms in total. The fourth-order valence-electron chi connectivity index (χ4n) is 2.18. The number of fused-ring (bicyclic) bond motifs is 1. The second-order valence-electron chi connectivity index (χ2n) is 5.53. The maximum absolute atomic E-state index is 12.5. The molecule has 0 fully saturated rings. The summed E-state index contributed by atoms with van der Waals surface area (Å²) in [5.74, 6) is 0.0305. The summed E-state index contributed by atoms with van der Waals surface area (Å²) in [5.41, 5.74) is 2.43. The van der Waals surface area contributed by atoms with Crippen LogP contribution in [0.4, 0.5) is 0 Å². The number of nitrogens with zero attached hydrogens (tertiary/aromatic N) is 2. The third kappa shape index (κ3) is 3.21. The molecule has 0 aromatic carbocycles. The minimum absolute atomic E-state index is 0.0756. The SMILES string of the molecule is COCC(C)NC(=O)c1cc(C(C)C)nc2onc(C)c12. The van der Waals surface area contributed by atoms with Gasteiger partial charge < -0.3 is 14.6 Å². The maximum atomic E-state index is 12.5. The molecule has 21 heavy (non-hydrogen) atoms. The highest BCUT2D eigenvalue weighted by atomic mass is 16.5. The summed E-state index contributed by atoms with van der Waals surface area (Å²) in [6.45, 7) is 8.19. The first-order chi connectivity index (χ1) is 9.93. The average Bonchev–Trinajstić information content (AvgIpc) is 2.79. The first-order valence-corrected chi connectivity index (χ1v) is 7.00. The largest absolute Gasteiger partial charge is 0.383 e. The van der Waals surface area contributed by atoms with E-state index in [4.69, 9.17) is 9.26 Å². The predicted molar refractivity (Wildman–Crippen MR) is 79.4 cm³/mol. The monoisotopic (exact) mass is 291 g/mol. The van der Waals surface area contributed by atoms with Crippen molar-refractivity contribution in [2.75, 3.05) is 13.7 Å². The second-order valence-corrected chi connectivity index (χ2v) is 5.53. The van der Waals surface area contributed by atoms with Gasteiger partial charge in [-0.3, -0.25) is 4.79 Å². The third-order valence-corrected chi connectivity index (χ3v) is 3.27. The van der Waals surface area contributed by atoms with E-state index in [9.17, 15) is 4.79 Å². The van der Waals surface area contributed by atoms with Crippen molar-refractivity contribution < 1.29 is 14.1 Å². The van der Waals surface area contributed by atoms with Crippen molar-refractivity contribution in [2.24, 2.45) is 0 Å². The summed E-state index contributed by atoms with van der Waals surface area (Å²) >= 11 is 0. The lowest BCUT2D eigenvalue weighted by atomic mass is 10.0. The van der Waals surface area contributed by atoms with Crippen molar-refractivity contribution in [3.05, 3.63) is 23.0 Å². The number of hydrogen-bond acceptors (Lipinski definition) is 5. The van der Waals surface area contributed by atoms with E-state index >= 15 is 0 Å². The third-order valence-electron chi connectivity index (χ3n) is 3.27. The van der Waals surface area contributed by atoms with Gasteiger partial charge in [-0.25, -0.2) is 4.98 Å². The van der Waals surface area contributed by atoms with Crippen molar-refractivity contribution in [3.63, 3.8) is 0 Å². The first kappa shape index (κ1) is 15.4. The number of ether oxygens (including phenoxy) is 1. The molecule has 0 aliphatic heterocycles. The minimum Gasteiger partial charge on any atom is -0.383 e. The average molecular weight is 291 g/mol. The summed E-state index contributed by atoms with van der Waals surface area (Å²) in [6.07, 6.45) is 0. The van der Waals surface area contributed by atoms with E-state index in [0.29, 0.717) is 29.0 Å². The molecule has 0 radical (unpaired) electrons. The Balaban J connectivity index is 2.45. The number of amides is 1. The molecular weight excluding hydrogens is 270 g/mol. The van der Waals surface area contributed by atoms with Crippen LogP contribution in [0.1, 0.15) is 48.4 Å². The van der Waals surface area contributed by atoms with Gasteiger partial charge in [-0.05, 0) is 25.8 Å². The van der Waals surface area contributed by atoms with Crippen LogP contribution in [0.2, 0.25) is 0 Å². The van der Waals surface area contributed by atoms with Crippen LogP contribution in [0.25, 0.3) is 11.1 Å². The highest BCUT2D eigenvalue weighted by Gasteiger charge is 2.20. The predicted octanol–water partition coefficient (Wildman–Crippen LogP) is 2.42. The molecule has 1 N–H and O–H groups in total. The number of hydrogen-bond donors (Lipinski definition) is 1. The summed E-state index contributed by atoms with van der Waals surface area (Å²) in [5, 5.41) is 7.49. The number of methoxy groups -OCH3 is 1. The molecule has 2 aromatic rings. The van der Waals surface area contributed by atoms with Crippen LogP contribution in [0, 0.1) is 6.92 Å². The van der Waals surface area contributed by atoms with Gasteiger partial charge in [0.25, 0.3) is 11.6 Å². The Bertz CT molecular complexity index is 649.